The van der Waals surface area contributed by atoms with Gasteiger partial charge >= 0.3 is 12.2 Å². The minimum atomic E-state index is -0.406. The molecule has 2 fully saturated rings. The van der Waals surface area contributed by atoms with Crippen molar-refractivity contribution in [3.63, 3.8) is 0 Å². The molecule has 2 aliphatic heterocycles. The predicted octanol–water partition coefficient (Wildman–Crippen LogP) is 3.25. The molecule has 27 heavy (non-hydrogen) atoms. The quantitative estimate of drug-likeness (QED) is 0.680. The lowest BCUT2D eigenvalue weighted by molar-refractivity contribution is 0.0963. The molecular formula is C19H19IN2O5. The Balaban J connectivity index is 0.000000159. The van der Waals surface area contributed by atoms with E-state index in [1.54, 1.807) is 4.90 Å². The fourth-order valence-electron chi connectivity index (χ4n) is 2.68. The number of cyclic esters (lactones) is 2. The van der Waals surface area contributed by atoms with Crippen LogP contribution in [0.5, 0.6) is 0 Å². The van der Waals surface area contributed by atoms with Gasteiger partial charge in [-0.15, -0.1) is 0 Å². The molecule has 0 radical (unpaired) electrons. The highest BCUT2D eigenvalue weighted by atomic mass is 127. The molecule has 142 valence electrons. The number of ether oxygens (including phenoxy) is 2. The second-order valence-corrected chi connectivity index (χ2v) is 7.12. The Morgan fingerprint density at radius 1 is 0.963 bits per heavy atom. The topological polar surface area (TPSA) is 79.3 Å². The Morgan fingerprint density at radius 3 is 2.19 bits per heavy atom. The van der Waals surface area contributed by atoms with Crippen LogP contribution >= 0.6 is 22.6 Å². The summed E-state index contributed by atoms with van der Waals surface area (Å²) in [4.78, 5) is 25.6. The lowest BCUT2D eigenvalue weighted by atomic mass is 10.3. The van der Waals surface area contributed by atoms with E-state index in [-0.39, 0.29) is 12.7 Å². The highest BCUT2D eigenvalue weighted by Gasteiger charge is 2.31. The Kier molecular flexibility index (Phi) is 6.51. The molecule has 2 saturated heterocycles. The molecule has 1 N–H and O–H groups in total. The number of hydrogen-bond donors (Lipinski definition) is 1. The summed E-state index contributed by atoms with van der Waals surface area (Å²) in [5, 5.41) is 8.89. The first-order valence-corrected chi connectivity index (χ1v) is 9.50. The summed E-state index contributed by atoms with van der Waals surface area (Å²) in [6.45, 7) is 1.43. The van der Waals surface area contributed by atoms with Gasteiger partial charge in [0.15, 0.2) is 0 Å². The standard InChI is InChI=1S/C10H10INO3.C9H9NO2/c11-7-1-3-8(4-2-7)12-5-9(6-13)15-10(12)14;11-9-10(6-7-12-9)8-4-2-1-3-5-8/h1-4,9,13H,5-6H2;1-5H,6-7H2. The first-order chi connectivity index (χ1) is 13.1. The van der Waals surface area contributed by atoms with Gasteiger partial charge in [-0.2, -0.15) is 0 Å². The second kappa shape index (κ2) is 9.05. The maximum atomic E-state index is 11.4. The van der Waals surface area contributed by atoms with Crippen LogP contribution in [0.3, 0.4) is 0 Å². The van der Waals surface area contributed by atoms with Crippen LogP contribution in [0, 0.1) is 3.57 Å². The lowest BCUT2D eigenvalue weighted by Crippen LogP contribution is -2.25. The number of aliphatic hydroxyl groups is 1. The Morgan fingerprint density at radius 2 is 1.63 bits per heavy atom. The van der Waals surface area contributed by atoms with E-state index in [0.717, 1.165) is 14.9 Å². The van der Waals surface area contributed by atoms with Crippen LogP contribution in [-0.4, -0.2) is 49.7 Å². The normalized spacial score (nSPS) is 18.7. The van der Waals surface area contributed by atoms with Crippen LogP contribution in [0.1, 0.15) is 0 Å². The highest BCUT2D eigenvalue weighted by Crippen LogP contribution is 2.22. The van der Waals surface area contributed by atoms with Crippen LogP contribution in [0.15, 0.2) is 54.6 Å². The number of rotatable bonds is 3. The van der Waals surface area contributed by atoms with Crippen molar-refractivity contribution in [1.29, 1.82) is 0 Å². The summed E-state index contributed by atoms with van der Waals surface area (Å²) in [5.41, 5.74) is 1.70. The first-order valence-electron chi connectivity index (χ1n) is 8.42. The third-order valence-corrected chi connectivity index (χ3v) is 4.76. The zero-order valence-corrected chi connectivity index (χ0v) is 16.6. The van der Waals surface area contributed by atoms with E-state index in [1.807, 2.05) is 54.6 Å². The highest BCUT2D eigenvalue weighted by molar-refractivity contribution is 14.1. The van der Waals surface area contributed by atoms with E-state index in [9.17, 15) is 9.59 Å². The van der Waals surface area contributed by atoms with E-state index in [2.05, 4.69) is 22.6 Å². The Labute approximate surface area is 170 Å². The zero-order valence-electron chi connectivity index (χ0n) is 14.5. The average Bonchev–Trinajstić information content (AvgIpc) is 3.29. The molecule has 4 rings (SSSR count). The predicted molar refractivity (Wildman–Crippen MR) is 109 cm³/mol. The molecule has 2 heterocycles. The summed E-state index contributed by atoms with van der Waals surface area (Å²) in [6.07, 6.45) is -1.05. The molecule has 2 aromatic rings. The van der Waals surface area contributed by atoms with Crippen molar-refractivity contribution in [1.82, 2.24) is 0 Å². The average molecular weight is 482 g/mol. The van der Waals surface area contributed by atoms with Gasteiger partial charge in [-0.05, 0) is 59.0 Å². The zero-order chi connectivity index (χ0) is 19.2. The van der Waals surface area contributed by atoms with Gasteiger partial charge in [0.05, 0.1) is 19.7 Å². The van der Waals surface area contributed by atoms with Gasteiger partial charge in [0.2, 0.25) is 0 Å². The summed E-state index contributed by atoms with van der Waals surface area (Å²) < 4.78 is 10.9. The maximum absolute atomic E-state index is 11.4. The van der Waals surface area contributed by atoms with Crippen LogP contribution in [-0.2, 0) is 9.47 Å². The SMILES string of the molecule is O=C1OC(CO)CN1c1ccc(I)cc1.O=C1OCCN1c1ccccc1. The van der Waals surface area contributed by atoms with Gasteiger partial charge in [0.25, 0.3) is 0 Å². The molecule has 0 aromatic heterocycles. The number of aliphatic hydroxyl groups excluding tert-OH is 1. The fraction of sp³-hybridized carbons (Fsp3) is 0.263. The van der Waals surface area contributed by atoms with E-state index in [0.29, 0.717) is 19.7 Å². The van der Waals surface area contributed by atoms with Crippen molar-refractivity contribution in [2.24, 2.45) is 0 Å². The van der Waals surface area contributed by atoms with Gasteiger partial charge in [-0.3, -0.25) is 9.80 Å². The van der Waals surface area contributed by atoms with E-state index >= 15 is 0 Å². The van der Waals surface area contributed by atoms with E-state index in [1.165, 1.54) is 4.90 Å². The van der Waals surface area contributed by atoms with Gasteiger partial charge in [-0.1, -0.05) is 18.2 Å². The number of anilines is 2. The fourth-order valence-corrected chi connectivity index (χ4v) is 3.04. The molecule has 7 nitrogen and oxygen atoms in total. The van der Waals surface area contributed by atoms with Crippen molar-refractivity contribution in [2.75, 3.05) is 36.1 Å². The van der Waals surface area contributed by atoms with Gasteiger partial charge in [0, 0.05) is 14.9 Å². The Bertz CT molecular complexity index is 784. The van der Waals surface area contributed by atoms with Crippen LogP contribution in [0.4, 0.5) is 21.0 Å². The van der Waals surface area contributed by atoms with Crippen molar-refractivity contribution in [3.8, 4) is 0 Å². The molecule has 1 unspecified atom stereocenters. The van der Waals surface area contributed by atoms with Crippen molar-refractivity contribution in [2.45, 2.75) is 6.10 Å². The summed E-state index contributed by atoms with van der Waals surface area (Å²) >= 11 is 2.20. The minimum absolute atomic E-state index is 0.132. The molecule has 0 spiro atoms. The molecule has 0 aliphatic carbocycles. The number of carbonyl (C=O) groups excluding carboxylic acids is 2. The summed E-state index contributed by atoms with van der Waals surface area (Å²) in [5.74, 6) is 0. The second-order valence-electron chi connectivity index (χ2n) is 5.88. The molecular weight excluding hydrogens is 463 g/mol. The van der Waals surface area contributed by atoms with Gasteiger partial charge in [-0.25, -0.2) is 9.59 Å². The summed E-state index contributed by atoms with van der Waals surface area (Å²) in [6, 6.07) is 17.1. The number of amides is 2. The van der Waals surface area contributed by atoms with E-state index < -0.39 is 12.2 Å². The number of halogens is 1. The van der Waals surface area contributed by atoms with Crippen molar-refractivity contribution < 1.29 is 24.2 Å². The van der Waals surface area contributed by atoms with Gasteiger partial charge < -0.3 is 14.6 Å². The van der Waals surface area contributed by atoms with Crippen molar-refractivity contribution >= 4 is 46.2 Å². The number of carbonyl (C=O) groups is 2. The van der Waals surface area contributed by atoms with Crippen molar-refractivity contribution in [3.05, 3.63) is 58.2 Å². The maximum Gasteiger partial charge on any atom is 0.414 e. The summed E-state index contributed by atoms with van der Waals surface area (Å²) in [7, 11) is 0. The molecule has 0 bridgehead atoms. The molecule has 8 heteroatoms. The first kappa shape index (κ1) is 19.4. The monoisotopic (exact) mass is 482 g/mol. The molecule has 2 amide bonds. The minimum Gasteiger partial charge on any atom is -0.447 e. The number of hydrogen-bond acceptors (Lipinski definition) is 5. The van der Waals surface area contributed by atoms with Crippen LogP contribution in [0.2, 0.25) is 0 Å². The lowest BCUT2D eigenvalue weighted by Gasteiger charge is -2.12. The molecule has 0 saturated carbocycles. The largest absolute Gasteiger partial charge is 0.447 e. The van der Waals surface area contributed by atoms with E-state index in [4.69, 9.17) is 14.6 Å². The number of nitrogens with zero attached hydrogens (tertiary/aromatic N) is 2. The number of para-hydroxylation sites is 1. The van der Waals surface area contributed by atoms with Crippen LogP contribution in [0.25, 0.3) is 0 Å². The van der Waals surface area contributed by atoms with Crippen LogP contribution < -0.4 is 9.80 Å². The smallest absolute Gasteiger partial charge is 0.414 e. The molecule has 2 aromatic carbocycles. The Hall–Kier alpha value is -2.33. The molecule has 1 atom stereocenters. The van der Waals surface area contributed by atoms with Gasteiger partial charge in [0.1, 0.15) is 12.7 Å². The third-order valence-electron chi connectivity index (χ3n) is 4.04. The molecule has 2 aliphatic rings. The number of benzene rings is 2. The third kappa shape index (κ3) is 4.89.